The van der Waals surface area contributed by atoms with E-state index in [4.69, 9.17) is 19.9 Å². The minimum absolute atomic E-state index is 0.118. The van der Waals surface area contributed by atoms with Crippen molar-refractivity contribution >= 4 is 17.0 Å². The number of nitrogens with zero attached hydrogens (tertiary/aromatic N) is 4. The van der Waals surface area contributed by atoms with Crippen LogP contribution in [-0.2, 0) is 27.4 Å². The fourth-order valence-electron chi connectivity index (χ4n) is 5.72. The third-order valence-electron chi connectivity index (χ3n) is 7.27. The van der Waals surface area contributed by atoms with Gasteiger partial charge in [-0.15, -0.1) is 0 Å². The van der Waals surface area contributed by atoms with Gasteiger partial charge in [-0.3, -0.25) is 4.57 Å². The molecule has 2 bridgehead atoms. The van der Waals surface area contributed by atoms with Crippen LogP contribution in [0.3, 0.4) is 0 Å². The topological polar surface area (TPSA) is 97.3 Å². The minimum Gasteiger partial charge on any atom is -0.382 e. The number of benzene rings is 2. The zero-order valence-electron chi connectivity index (χ0n) is 19.7. The van der Waals surface area contributed by atoms with Crippen molar-refractivity contribution in [2.24, 2.45) is 11.8 Å². The first-order chi connectivity index (χ1) is 17.1. The Balaban J connectivity index is 1.30. The van der Waals surface area contributed by atoms with Crippen molar-refractivity contribution in [3.05, 3.63) is 84.4 Å². The molecule has 0 spiro atoms. The Kier molecular flexibility index (Phi) is 5.72. The number of nitrogen functional groups attached to an aromatic ring is 1. The molecule has 35 heavy (non-hydrogen) atoms. The number of anilines is 1. The smallest absolute Gasteiger partial charge is 0.167 e. The molecular weight excluding hydrogens is 442 g/mol. The molecule has 1 aliphatic carbocycles. The van der Waals surface area contributed by atoms with Crippen molar-refractivity contribution < 1.29 is 14.2 Å². The van der Waals surface area contributed by atoms with E-state index in [1.54, 1.807) is 6.33 Å². The number of hydrogen-bond acceptors (Lipinski definition) is 7. The molecule has 2 fully saturated rings. The molecule has 2 aromatic heterocycles. The molecule has 0 radical (unpaired) electrons. The fraction of sp³-hybridized carbons (Fsp3) is 0.370. The molecule has 180 valence electrons. The molecule has 4 aromatic rings. The van der Waals surface area contributed by atoms with Gasteiger partial charge in [0, 0.05) is 5.92 Å². The second kappa shape index (κ2) is 9.03. The molecule has 1 aliphatic heterocycles. The van der Waals surface area contributed by atoms with Gasteiger partial charge >= 0.3 is 0 Å². The third-order valence-corrected chi connectivity index (χ3v) is 7.27. The van der Waals surface area contributed by atoms with Crippen LogP contribution < -0.4 is 5.73 Å². The predicted molar refractivity (Wildman–Crippen MR) is 131 cm³/mol. The number of fused-ring (bicyclic) bond motifs is 3. The van der Waals surface area contributed by atoms with E-state index in [-0.39, 0.29) is 18.2 Å². The molecule has 0 amide bonds. The monoisotopic (exact) mass is 471 g/mol. The fourth-order valence-corrected chi connectivity index (χ4v) is 5.72. The van der Waals surface area contributed by atoms with Gasteiger partial charge in [0.25, 0.3) is 0 Å². The summed E-state index contributed by atoms with van der Waals surface area (Å²) < 4.78 is 21.7. The largest absolute Gasteiger partial charge is 0.382 e. The van der Waals surface area contributed by atoms with Crippen LogP contribution in [0.15, 0.2) is 73.3 Å². The SMILES string of the molecule is C[C@@H]1C[C@]2(COCc3ccccc3)O[C@@H](n3cnc4c(N)ncnc43)[C@H]1[C@@H]2OCc1ccccc1. The summed E-state index contributed by atoms with van der Waals surface area (Å²) in [6.07, 6.45) is 3.68. The maximum absolute atomic E-state index is 6.82. The summed E-state index contributed by atoms with van der Waals surface area (Å²) in [5, 5.41) is 0. The van der Waals surface area contributed by atoms with E-state index >= 15 is 0 Å². The summed E-state index contributed by atoms with van der Waals surface area (Å²) in [6.45, 7) is 3.76. The highest BCUT2D eigenvalue weighted by atomic mass is 16.6. The quantitative estimate of drug-likeness (QED) is 0.413. The van der Waals surface area contributed by atoms with Crippen LogP contribution >= 0.6 is 0 Å². The van der Waals surface area contributed by atoms with Crippen LogP contribution in [0, 0.1) is 11.8 Å². The maximum atomic E-state index is 6.82. The number of aromatic nitrogens is 4. The first-order valence-corrected chi connectivity index (χ1v) is 12.0. The average molecular weight is 472 g/mol. The standard InChI is InChI=1S/C27H29N5O3/c1-18-12-27(15-33-13-19-8-4-2-5-9-19)23(34-14-20-10-6-3-7-11-20)21(18)26(35-27)32-17-31-22-24(28)29-16-30-25(22)32/h2-11,16-18,21,23,26H,12-15H2,1H3,(H2,28,29,30)/t18-,21-,23+,26-,27-/m1/s1. The Hall–Kier alpha value is -3.33. The van der Waals surface area contributed by atoms with Gasteiger partial charge in [-0.25, -0.2) is 15.0 Å². The van der Waals surface area contributed by atoms with E-state index < -0.39 is 5.60 Å². The van der Waals surface area contributed by atoms with Crippen LogP contribution in [0.1, 0.15) is 30.7 Å². The van der Waals surface area contributed by atoms with Gasteiger partial charge in [0.05, 0.1) is 32.3 Å². The van der Waals surface area contributed by atoms with Crippen molar-refractivity contribution in [2.75, 3.05) is 12.3 Å². The third kappa shape index (κ3) is 3.97. The van der Waals surface area contributed by atoms with Crippen LogP contribution in [-0.4, -0.2) is 37.8 Å². The maximum Gasteiger partial charge on any atom is 0.167 e. The van der Waals surface area contributed by atoms with E-state index in [0.717, 1.165) is 17.5 Å². The molecule has 2 N–H and O–H groups in total. The number of imidazole rings is 1. The molecule has 6 rings (SSSR count). The van der Waals surface area contributed by atoms with E-state index in [9.17, 15) is 0 Å². The molecule has 1 saturated carbocycles. The van der Waals surface area contributed by atoms with Gasteiger partial charge in [0.2, 0.25) is 0 Å². The van der Waals surface area contributed by atoms with E-state index in [1.165, 1.54) is 6.33 Å². The van der Waals surface area contributed by atoms with Crippen molar-refractivity contribution in [3.63, 3.8) is 0 Å². The van der Waals surface area contributed by atoms with Crippen LogP contribution in [0.5, 0.6) is 0 Å². The summed E-state index contributed by atoms with van der Waals surface area (Å²) in [5.74, 6) is 0.849. The van der Waals surface area contributed by atoms with Crippen molar-refractivity contribution in [2.45, 2.75) is 44.5 Å². The highest BCUT2D eigenvalue weighted by Gasteiger charge is 2.64. The van der Waals surface area contributed by atoms with Crippen LogP contribution in [0.25, 0.3) is 11.2 Å². The highest BCUT2D eigenvalue weighted by Crippen LogP contribution is 2.57. The molecule has 8 nitrogen and oxygen atoms in total. The van der Waals surface area contributed by atoms with Gasteiger partial charge in [-0.2, -0.15) is 0 Å². The van der Waals surface area contributed by atoms with E-state index in [0.29, 0.717) is 42.7 Å². The molecular formula is C27H29N5O3. The summed E-state index contributed by atoms with van der Waals surface area (Å²) >= 11 is 0. The predicted octanol–water partition coefficient (Wildman–Crippen LogP) is 4.13. The van der Waals surface area contributed by atoms with Gasteiger partial charge in [0.1, 0.15) is 23.7 Å². The van der Waals surface area contributed by atoms with Crippen molar-refractivity contribution in [1.29, 1.82) is 0 Å². The second-order valence-electron chi connectivity index (χ2n) is 9.61. The molecule has 5 atom stereocenters. The first-order valence-electron chi connectivity index (χ1n) is 12.0. The molecule has 2 aliphatic rings. The van der Waals surface area contributed by atoms with Crippen molar-refractivity contribution in [1.82, 2.24) is 19.5 Å². The number of hydrogen-bond donors (Lipinski definition) is 1. The first kappa shape index (κ1) is 22.2. The molecule has 8 heteroatoms. The van der Waals surface area contributed by atoms with Gasteiger partial charge in [0.15, 0.2) is 11.5 Å². The van der Waals surface area contributed by atoms with Crippen molar-refractivity contribution in [3.8, 4) is 0 Å². The molecule has 3 heterocycles. The molecule has 2 aromatic carbocycles. The number of ether oxygens (including phenoxy) is 3. The molecule has 1 saturated heterocycles. The lowest BCUT2D eigenvalue weighted by molar-refractivity contribution is -0.166. The summed E-state index contributed by atoms with van der Waals surface area (Å²) in [5.41, 5.74) is 9.01. The zero-order valence-corrected chi connectivity index (χ0v) is 19.7. The Bertz CT molecular complexity index is 1300. The van der Waals surface area contributed by atoms with Gasteiger partial charge < -0.3 is 19.9 Å². The van der Waals surface area contributed by atoms with Crippen LogP contribution in [0.2, 0.25) is 0 Å². The zero-order chi connectivity index (χ0) is 23.8. The van der Waals surface area contributed by atoms with Gasteiger partial charge in [-0.1, -0.05) is 67.6 Å². The van der Waals surface area contributed by atoms with Gasteiger partial charge in [-0.05, 0) is 23.5 Å². The van der Waals surface area contributed by atoms with Crippen LogP contribution in [0.4, 0.5) is 5.82 Å². The second-order valence-corrected chi connectivity index (χ2v) is 9.61. The highest BCUT2D eigenvalue weighted by molar-refractivity contribution is 5.81. The average Bonchev–Trinajstić information content (AvgIpc) is 3.52. The Morgan fingerprint density at radius 1 is 1.00 bits per heavy atom. The summed E-state index contributed by atoms with van der Waals surface area (Å²) in [7, 11) is 0. The molecule has 0 unspecified atom stereocenters. The minimum atomic E-state index is -0.562. The normalized spacial score (nSPS) is 27.6. The Morgan fingerprint density at radius 3 is 2.46 bits per heavy atom. The van der Waals surface area contributed by atoms with E-state index in [2.05, 4.69) is 46.1 Å². The number of nitrogens with two attached hydrogens (primary N) is 1. The Labute approximate surface area is 204 Å². The lowest BCUT2D eigenvalue weighted by atomic mass is 9.94. The lowest BCUT2D eigenvalue weighted by Gasteiger charge is -2.34. The lowest BCUT2D eigenvalue weighted by Crippen LogP contribution is -2.43. The number of rotatable bonds is 8. The Morgan fingerprint density at radius 2 is 1.71 bits per heavy atom. The summed E-state index contributed by atoms with van der Waals surface area (Å²) in [4.78, 5) is 13.0. The van der Waals surface area contributed by atoms with E-state index in [1.807, 2.05) is 41.0 Å². The summed E-state index contributed by atoms with van der Waals surface area (Å²) in [6, 6.07) is 20.4.